The molecule has 1 aliphatic carbocycles. The van der Waals surface area contributed by atoms with Crippen LogP contribution in [0.4, 0.5) is 10.2 Å². The van der Waals surface area contributed by atoms with Gasteiger partial charge in [0.1, 0.15) is 28.7 Å². The van der Waals surface area contributed by atoms with Crippen LogP contribution in [0.2, 0.25) is 0 Å². The largest absolute Gasteiger partial charge is 0.374 e. The molecular weight excluding hydrogens is 645 g/mol. The number of amides is 2. The molecule has 2 amide bonds. The number of ether oxygens (including phenoxy) is 1. The van der Waals surface area contributed by atoms with E-state index in [0.29, 0.717) is 33.3 Å². The van der Waals surface area contributed by atoms with E-state index in [0.717, 1.165) is 23.1 Å². The summed E-state index contributed by atoms with van der Waals surface area (Å²) in [5.74, 6) is -0.242. The number of Topliss-reactive ketones (excluding diaryl/α,β-unsaturated/α-hetero) is 1. The van der Waals surface area contributed by atoms with E-state index in [1.54, 1.807) is 28.0 Å². The molecule has 232 valence electrons. The minimum atomic E-state index is -1.67. The van der Waals surface area contributed by atoms with Gasteiger partial charge in [-0.15, -0.1) is 0 Å². The first kappa shape index (κ1) is 29.6. The van der Waals surface area contributed by atoms with Crippen molar-refractivity contribution in [3.8, 4) is 11.1 Å². The molecule has 1 unspecified atom stereocenters. The maximum Gasteiger partial charge on any atom is 0.248 e. The van der Waals surface area contributed by atoms with Crippen molar-refractivity contribution < 1.29 is 23.5 Å². The Labute approximate surface area is 266 Å². The number of hydrogen-bond acceptors (Lipinski definition) is 8. The van der Waals surface area contributed by atoms with Crippen molar-refractivity contribution in [2.24, 2.45) is 5.41 Å². The van der Waals surface area contributed by atoms with Gasteiger partial charge in [0.25, 0.3) is 0 Å². The topological polar surface area (TPSA) is 132 Å². The van der Waals surface area contributed by atoms with Crippen LogP contribution in [0.25, 0.3) is 22.0 Å². The Morgan fingerprint density at radius 3 is 2.49 bits per heavy atom. The predicted octanol–water partition coefficient (Wildman–Crippen LogP) is 4.68. The van der Waals surface area contributed by atoms with Crippen molar-refractivity contribution in [3.05, 3.63) is 63.9 Å². The Morgan fingerprint density at radius 2 is 1.82 bits per heavy atom. The fourth-order valence-electron chi connectivity index (χ4n) is 6.59. The summed E-state index contributed by atoms with van der Waals surface area (Å²) in [4.78, 5) is 54.8. The van der Waals surface area contributed by atoms with Crippen LogP contribution in [0, 0.1) is 19.3 Å². The number of rotatable bonds is 7. The predicted molar refractivity (Wildman–Crippen MR) is 166 cm³/mol. The number of anilines is 1. The lowest BCUT2D eigenvalue weighted by Crippen LogP contribution is -2.47. The van der Waals surface area contributed by atoms with Crippen molar-refractivity contribution in [1.29, 1.82) is 0 Å². The first-order chi connectivity index (χ1) is 21.4. The Kier molecular flexibility index (Phi) is 6.89. The van der Waals surface area contributed by atoms with Gasteiger partial charge >= 0.3 is 0 Å². The number of carbonyl (C=O) groups is 3. The van der Waals surface area contributed by atoms with Gasteiger partial charge in [-0.25, -0.2) is 19.3 Å². The lowest BCUT2D eigenvalue weighted by atomic mass is 10.00. The maximum atomic E-state index is 14.7. The molecule has 11 nitrogen and oxygen atoms in total. The van der Waals surface area contributed by atoms with Crippen molar-refractivity contribution in [3.63, 3.8) is 0 Å². The summed E-state index contributed by atoms with van der Waals surface area (Å²) in [6.45, 7) is 7.01. The summed E-state index contributed by atoms with van der Waals surface area (Å²) in [5, 5.41) is 8.09. The third-order valence-electron chi connectivity index (χ3n) is 9.23. The quantitative estimate of drug-likeness (QED) is 0.221. The van der Waals surface area contributed by atoms with Crippen LogP contribution < -0.4 is 5.32 Å². The van der Waals surface area contributed by atoms with E-state index >= 15 is 0 Å². The molecule has 2 aliphatic heterocycles. The highest BCUT2D eigenvalue weighted by atomic mass is 79.9. The Bertz CT molecular complexity index is 1910. The van der Waals surface area contributed by atoms with Crippen molar-refractivity contribution in [2.75, 3.05) is 18.5 Å². The number of aryl methyl sites for hydroxylation is 2. The van der Waals surface area contributed by atoms with Gasteiger partial charge in [-0.05, 0) is 82.9 Å². The molecule has 3 fully saturated rings. The summed E-state index contributed by atoms with van der Waals surface area (Å²) < 4.78 is 21.8. The van der Waals surface area contributed by atoms with Gasteiger partial charge < -0.3 is 15.0 Å². The zero-order valence-corrected chi connectivity index (χ0v) is 26.8. The fourth-order valence-corrected chi connectivity index (χ4v) is 6.90. The fraction of sp³-hybridized carbons (Fsp3) is 0.406. The standard InChI is InChI=1S/C32H31BrFN7O4/c1-16-5-6-24(33)37-28(16)38-29(44)22-9-31(4)10-23(31)41(22)25(43)13-40-27-17(2)7-19(8-21(27)26(39-40)18(3)42)20-11-35-30(36-12-20)32(34)14-45-15-32/h5-8,11-12,22-23H,9-10,13-15H2,1-4H3,(H,37,38,44)/t22-,23?,31-/m0/s1. The number of piperidine rings is 1. The number of carbonyl (C=O) groups excluding carboxylic acids is 3. The number of aromatic nitrogens is 5. The zero-order chi connectivity index (χ0) is 31.8. The molecule has 0 bridgehead atoms. The molecule has 1 saturated carbocycles. The van der Waals surface area contributed by atoms with Crippen LogP contribution in [0.15, 0.2) is 41.3 Å². The third-order valence-corrected chi connectivity index (χ3v) is 9.67. The smallest absolute Gasteiger partial charge is 0.248 e. The van der Waals surface area contributed by atoms with Gasteiger partial charge in [0, 0.05) is 36.3 Å². The number of hydrogen-bond donors (Lipinski definition) is 1. The van der Waals surface area contributed by atoms with Crippen LogP contribution in [-0.4, -0.2) is 72.5 Å². The number of nitrogens with zero attached hydrogens (tertiary/aromatic N) is 6. The SMILES string of the molecule is CC(=O)c1nn(CC(=O)N2C3C[C@]3(C)C[C@H]2C(=O)Nc2nc(Br)ccc2C)c2c(C)cc(-c3cnc(C4(F)COC4)nc3)cc12. The molecule has 4 aromatic rings. The normalized spacial score (nSPS) is 23.0. The maximum absolute atomic E-state index is 14.7. The second-order valence-corrected chi connectivity index (χ2v) is 13.5. The third kappa shape index (κ3) is 5.02. The number of likely N-dealkylation sites (tertiary alicyclic amines) is 1. The van der Waals surface area contributed by atoms with Crippen LogP contribution in [-0.2, 0) is 26.5 Å². The second kappa shape index (κ2) is 10.5. The lowest BCUT2D eigenvalue weighted by molar-refractivity contribution is -0.140. The van der Waals surface area contributed by atoms with Crippen LogP contribution in [0.5, 0.6) is 0 Å². The molecule has 5 heterocycles. The molecule has 2 saturated heterocycles. The van der Waals surface area contributed by atoms with Gasteiger partial charge in [-0.3, -0.25) is 19.1 Å². The number of halogens is 2. The molecule has 7 rings (SSSR count). The molecule has 1 aromatic carbocycles. The summed E-state index contributed by atoms with van der Waals surface area (Å²) in [5.41, 5.74) is 2.08. The molecule has 45 heavy (non-hydrogen) atoms. The Hall–Kier alpha value is -4.10. The number of benzene rings is 1. The zero-order valence-electron chi connectivity index (χ0n) is 25.2. The summed E-state index contributed by atoms with van der Waals surface area (Å²) in [6.07, 6.45) is 4.50. The average molecular weight is 677 g/mol. The molecule has 0 radical (unpaired) electrons. The van der Waals surface area contributed by atoms with Crippen LogP contribution in [0.1, 0.15) is 54.1 Å². The van der Waals surface area contributed by atoms with Gasteiger partial charge in [0.05, 0.1) is 18.7 Å². The van der Waals surface area contributed by atoms with E-state index in [9.17, 15) is 18.8 Å². The lowest BCUT2D eigenvalue weighted by Gasteiger charge is -2.31. The second-order valence-electron chi connectivity index (χ2n) is 12.7. The minimum absolute atomic E-state index is 0.0444. The number of pyridine rings is 1. The molecule has 3 atom stereocenters. The van der Waals surface area contributed by atoms with Crippen LogP contribution >= 0.6 is 15.9 Å². The van der Waals surface area contributed by atoms with Crippen molar-refractivity contribution in [1.82, 2.24) is 29.6 Å². The van der Waals surface area contributed by atoms with E-state index in [-0.39, 0.29) is 60.3 Å². The highest BCUT2D eigenvalue weighted by molar-refractivity contribution is 9.10. The monoisotopic (exact) mass is 675 g/mol. The highest BCUT2D eigenvalue weighted by Crippen LogP contribution is 2.59. The number of nitrogens with one attached hydrogen (secondary N) is 1. The summed E-state index contributed by atoms with van der Waals surface area (Å²) >= 11 is 3.35. The molecule has 0 spiro atoms. The number of fused-ring (bicyclic) bond motifs is 2. The summed E-state index contributed by atoms with van der Waals surface area (Å²) in [7, 11) is 0. The van der Waals surface area contributed by atoms with Crippen LogP contribution in [0.3, 0.4) is 0 Å². The Balaban J connectivity index is 1.18. The molecule has 1 N–H and O–H groups in total. The van der Waals surface area contributed by atoms with Crippen molar-refractivity contribution in [2.45, 2.75) is 64.8 Å². The summed E-state index contributed by atoms with van der Waals surface area (Å²) in [6, 6.07) is 6.69. The van der Waals surface area contributed by atoms with E-state index in [1.165, 1.54) is 6.92 Å². The van der Waals surface area contributed by atoms with E-state index in [4.69, 9.17) is 4.74 Å². The first-order valence-electron chi connectivity index (χ1n) is 14.7. The average Bonchev–Trinajstić information content (AvgIpc) is 3.33. The number of ketones is 1. The van der Waals surface area contributed by atoms with Gasteiger partial charge in [-0.1, -0.05) is 13.0 Å². The van der Waals surface area contributed by atoms with E-state index in [2.05, 4.69) is 48.2 Å². The van der Waals surface area contributed by atoms with E-state index < -0.39 is 11.7 Å². The molecule has 13 heteroatoms. The van der Waals surface area contributed by atoms with Crippen molar-refractivity contribution >= 4 is 50.2 Å². The minimum Gasteiger partial charge on any atom is -0.374 e. The van der Waals surface area contributed by atoms with Gasteiger partial charge in [0.2, 0.25) is 17.5 Å². The number of alkyl halides is 1. The molecule has 3 aliphatic rings. The molecule has 3 aromatic heterocycles. The van der Waals surface area contributed by atoms with Gasteiger partial charge in [-0.2, -0.15) is 5.10 Å². The highest BCUT2D eigenvalue weighted by Gasteiger charge is 2.64. The first-order valence-corrected chi connectivity index (χ1v) is 15.5. The van der Waals surface area contributed by atoms with E-state index in [1.807, 2.05) is 32.0 Å². The molecular formula is C32H31BrFN7O4. The Morgan fingerprint density at radius 1 is 1.09 bits per heavy atom. The van der Waals surface area contributed by atoms with Gasteiger partial charge in [0.15, 0.2) is 11.6 Å².